The quantitative estimate of drug-likeness (QED) is 0.513. The molecule has 5 nitrogen and oxygen atoms in total. The lowest BCUT2D eigenvalue weighted by Crippen LogP contribution is -2.24. The molecule has 2 aliphatic rings. The molecule has 3 atom stereocenters. The van der Waals surface area contributed by atoms with Gasteiger partial charge < -0.3 is 5.11 Å². The van der Waals surface area contributed by atoms with E-state index in [0.29, 0.717) is 11.8 Å². The van der Waals surface area contributed by atoms with E-state index in [0.717, 1.165) is 19.3 Å². The maximum Gasteiger partial charge on any atom is 0.547 e. The zero-order valence-corrected chi connectivity index (χ0v) is 7.64. The predicted octanol–water partition coefficient (Wildman–Crippen LogP) is 1.58. The molecule has 0 radical (unpaired) electrons. The van der Waals surface area contributed by atoms with Gasteiger partial charge >= 0.3 is 12.1 Å². The van der Waals surface area contributed by atoms with Crippen LogP contribution < -0.4 is 0 Å². The Morgan fingerprint density at radius 2 is 1.93 bits per heavy atom. The van der Waals surface area contributed by atoms with Gasteiger partial charge in [0.25, 0.3) is 0 Å². The molecule has 0 spiro atoms. The van der Waals surface area contributed by atoms with Crippen molar-refractivity contribution in [1.29, 1.82) is 0 Å². The molecule has 0 aromatic rings. The first-order valence-electron chi connectivity index (χ1n) is 4.78. The summed E-state index contributed by atoms with van der Waals surface area (Å²) in [5.74, 6) is 0.333. The molecule has 0 saturated heterocycles. The number of carboxylic acid groups (broad SMARTS) is 1. The number of carbonyl (C=O) groups excluding carboxylic acids is 1. The first kappa shape index (κ1) is 9.30. The SMILES string of the molecule is O=C(O)OOC(=O)C1CC2CCC1C2. The van der Waals surface area contributed by atoms with Crippen LogP contribution in [-0.4, -0.2) is 17.2 Å². The van der Waals surface area contributed by atoms with Gasteiger partial charge in [-0.25, -0.2) is 19.4 Å². The van der Waals surface area contributed by atoms with Crippen LogP contribution in [-0.2, 0) is 14.6 Å². The Hall–Kier alpha value is -1.26. The van der Waals surface area contributed by atoms with Gasteiger partial charge in [-0.1, -0.05) is 6.42 Å². The Kier molecular flexibility index (Phi) is 2.31. The molecule has 2 bridgehead atoms. The minimum absolute atomic E-state index is 0.145. The zero-order chi connectivity index (χ0) is 10.1. The Balaban J connectivity index is 1.84. The minimum Gasteiger partial charge on any atom is -0.447 e. The lowest BCUT2D eigenvalue weighted by molar-refractivity contribution is -0.246. The molecule has 0 aromatic carbocycles. The van der Waals surface area contributed by atoms with Crippen molar-refractivity contribution in [2.45, 2.75) is 25.7 Å². The van der Waals surface area contributed by atoms with Crippen molar-refractivity contribution in [3.8, 4) is 0 Å². The summed E-state index contributed by atoms with van der Waals surface area (Å²) in [5, 5.41) is 8.14. The molecule has 2 fully saturated rings. The van der Waals surface area contributed by atoms with Crippen LogP contribution in [0.3, 0.4) is 0 Å². The van der Waals surface area contributed by atoms with Crippen molar-refractivity contribution in [3.63, 3.8) is 0 Å². The monoisotopic (exact) mass is 200 g/mol. The summed E-state index contributed by atoms with van der Waals surface area (Å²) in [6, 6.07) is 0. The van der Waals surface area contributed by atoms with Crippen molar-refractivity contribution >= 4 is 12.1 Å². The Morgan fingerprint density at radius 1 is 1.14 bits per heavy atom. The van der Waals surface area contributed by atoms with Gasteiger partial charge in [-0.15, -0.1) is 0 Å². The van der Waals surface area contributed by atoms with E-state index in [1.807, 2.05) is 0 Å². The normalized spacial score (nSPS) is 34.1. The van der Waals surface area contributed by atoms with E-state index >= 15 is 0 Å². The van der Waals surface area contributed by atoms with Gasteiger partial charge in [0.05, 0.1) is 5.92 Å². The summed E-state index contributed by atoms with van der Waals surface area (Å²) in [6.45, 7) is 0. The second-order valence-electron chi connectivity index (χ2n) is 4.03. The molecule has 14 heavy (non-hydrogen) atoms. The van der Waals surface area contributed by atoms with Crippen LogP contribution in [0.5, 0.6) is 0 Å². The van der Waals surface area contributed by atoms with E-state index in [1.54, 1.807) is 0 Å². The fraction of sp³-hybridized carbons (Fsp3) is 0.778. The fourth-order valence-electron chi connectivity index (χ4n) is 2.67. The highest BCUT2D eigenvalue weighted by molar-refractivity contribution is 5.73. The minimum atomic E-state index is -1.58. The van der Waals surface area contributed by atoms with E-state index in [2.05, 4.69) is 9.78 Å². The first-order chi connectivity index (χ1) is 6.66. The van der Waals surface area contributed by atoms with Gasteiger partial charge in [-0.05, 0) is 31.1 Å². The molecule has 2 aliphatic carbocycles. The molecule has 0 aromatic heterocycles. The van der Waals surface area contributed by atoms with Crippen LogP contribution in [0.1, 0.15) is 25.7 Å². The smallest absolute Gasteiger partial charge is 0.447 e. The van der Waals surface area contributed by atoms with Crippen LogP contribution in [0.25, 0.3) is 0 Å². The predicted molar refractivity (Wildman–Crippen MR) is 44.1 cm³/mol. The second-order valence-corrected chi connectivity index (χ2v) is 4.03. The van der Waals surface area contributed by atoms with Gasteiger partial charge in [0.2, 0.25) is 0 Å². The van der Waals surface area contributed by atoms with Gasteiger partial charge in [-0.3, -0.25) is 0 Å². The molecule has 0 heterocycles. The average molecular weight is 200 g/mol. The molecular weight excluding hydrogens is 188 g/mol. The molecule has 1 N–H and O–H groups in total. The lowest BCUT2D eigenvalue weighted by atomic mass is 9.89. The summed E-state index contributed by atoms with van der Waals surface area (Å²) in [6.07, 6.45) is 2.56. The maximum absolute atomic E-state index is 11.3. The lowest BCUT2D eigenvalue weighted by Gasteiger charge is -2.17. The van der Waals surface area contributed by atoms with Crippen LogP contribution in [0, 0.1) is 17.8 Å². The van der Waals surface area contributed by atoms with Gasteiger partial charge in [0.1, 0.15) is 0 Å². The standard InChI is InChI=1S/C9H12O5/c10-8(13-14-9(11)12)7-4-5-1-2-6(7)3-5/h5-7H,1-4H2,(H,11,12). The van der Waals surface area contributed by atoms with Crippen LogP contribution >= 0.6 is 0 Å². The molecule has 5 heteroatoms. The zero-order valence-electron chi connectivity index (χ0n) is 7.64. The van der Waals surface area contributed by atoms with Crippen molar-refractivity contribution in [1.82, 2.24) is 0 Å². The third-order valence-corrected chi connectivity index (χ3v) is 3.24. The van der Waals surface area contributed by atoms with Crippen molar-refractivity contribution in [3.05, 3.63) is 0 Å². The Morgan fingerprint density at radius 3 is 2.43 bits per heavy atom. The average Bonchev–Trinajstić information content (AvgIpc) is 2.74. The molecule has 3 unspecified atom stereocenters. The molecule has 2 saturated carbocycles. The van der Waals surface area contributed by atoms with E-state index in [4.69, 9.17) is 5.11 Å². The van der Waals surface area contributed by atoms with Crippen molar-refractivity contribution in [2.24, 2.45) is 17.8 Å². The van der Waals surface area contributed by atoms with E-state index < -0.39 is 12.1 Å². The highest BCUT2D eigenvalue weighted by atomic mass is 17.2. The largest absolute Gasteiger partial charge is 0.547 e. The summed E-state index contributed by atoms with van der Waals surface area (Å²) in [5.41, 5.74) is 0. The third-order valence-electron chi connectivity index (χ3n) is 3.24. The van der Waals surface area contributed by atoms with E-state index in [-0.39, 0.29) is 5.92 Å². The number of carbonyl (C=O) groups is 2. The second kappa shape index (κ2) is 3.48. The van der Waals surface area contributed by atoms with Gasteiger partial charge in [-0.2, -0.15) is 0 Å². The summed E-state index contributed by atoms with van der Waals surface area (Å²) >= 11 is 0. The van der Waals surface area contributed by atoms with Crippen LogP contribution in [0.2, 0.25) is 0 Å². The van der Waals surface area contributed by atoms with Crippen LogP contribution in [0.15, 0.2) is 0 Å². The topological polar surface area (TPSA) is 72.8 Å². The van der Waals surface area contributed by atoms with E-state index in [9.17, 15) is 9.59 Å². The highest BCUT2D eigenvalue weighted by Crippen LogP contribution is 2.48. The van der Waals surface area contributed by atoms with Crippen molar-refractivity contribution in [2.75, 3.05) is 0 Å². The number of hydrogen-bond donors (Lipinski definition) is 1. The fourth-order valence-corrected chi connectivity index (χ4v) is 2.67. The van der Waals surface area contributed by atoms with E-state index in [1.165, 1.54) is 6.42 Å². The third kappa shape index (κ3) is 1.66. The highest BCUT2D eigenvalue weighted by Gasteiger charge is 2.44. The molecule has 0 aliphatic heterocycles. The Labute approximate surface area is 80.9 Å². The molecular formula is C9H12O5. The van der Waals surface area contributed by atoms with Gasteiger partial charge in [0.15, 0.2) is 0 Å². The first-order valence-corrected chi connectivity index (χ1v) is 4.78. The van der Waals surface area contributed by atoms with Crippen LogP contribution in [0.4, 0.5) is 4.79 Å². The summed E-state index contributed by atoms with van der Waals surface area (Å²) < 4.78 is 0. The number of hydrogen-bond acceptors (Lipinski definition) is 4. The summed E-state index contributed by atoms with van der Waals surface area (Å²) in [7, 11) is 0. The van der Waals surface area contributed by atoms with Gasteiger partial charge in [0, 0.05) is 0 Å². The Bertz CT molecular complexity index is 262. The summed E-state index contributed by atoms with van der Waals surface area (Å²) in [4.78, 5) is 29.3. The van der Waals surface area contributed by atoms with Crippen molar-refractivity contribution < 1.29 is 24.5 Å². The molecule has 78 valence electrons. The number of fused-ring (bicyclic) bond motifs is 2. The molecule has 2 rings (SSSR count). The number of rotatable bonds is 1. The molecule has 0 amide bonds. The maximum atomic E-state index is 11.3.